The van der Waals surface area contributed by atoms with Crippen LogP contribution < -0.4 is 4.74 Å². The van der Waals surface area contributed by atoms with E-state index in [1.54, 1.807) is 0 Å². The van der Waals surface area contributed by atoms with Crippen LogP contribution in [0.4, 0.5) is 4.39 Å². The van der Waals surface area contributed by atoms with E-state index in [1.807, 2.05) is 0 Å². The van der Waals surface area contributed by atoms with Gasteiger partial charge in [0.2, 0.25) is 5.88 Å². The van der Waals surface area contributed by atoms with Gasteiger partial charge in [0.05, 0.1) is 13.9 Å². The van der Waals surface area contributed by atoms with E-state index in [2.05, 4.69) is 9.72 Å². The minimum atomic E-state index is -2.85. The van der Waals surface area contributed by atoms with Crippen LogP contribution in [0.5, 0.6) is 5.88 Å². The molecule has 0 saturated carbocycles. The third kappa shape index (κ3) is 1.57. The molecule has 1 rings (SSSR count). The maximum atomic E-state index is 13.1. The largest absolute Gasteiger partial charge is 0.481 e. The molecule has 0 bridgehead atoms. The smallest absolute Gasteiger partial charge is 0.217 e. The Kier molecular flexibility index (Phi) is 0.864. The first kappa shape index (κ1) is 3.05. The van der Waals surface area contributed by atoms with Crippen molar-refractivity contribution >= 4 is 11.6 Å². The fraction of sp³-hybridized carbons (Fsp3) is 0.167. The van der Waals surface area contributed by atoms with Gasteiger partial charge >= 0.3 is 0 Å². The van der Waals surface area contributed by atoms with E-state index in [1.165, 1.54) is 0 Å². The monoisotopic (exact) mass is 166 g/mol. The Labute approximate surface area is 69.6 Å². The lowest BCUT2D eigenvalue weighted by Crippen LogP contribution is -1.88. The number of hydrogen-bond acceptors (Lipinski definition) is 2. The van der Waals surface area contributed by atoms with Gasteiger partial charge in [-0.25, -0.2) is 9.37 Å². The van der Waals surface area contributed by atoms with Crippen LogP contribution in [0.1, 0.15) is 6.85 Å². The first-order valence-corrected chi connectivity index (χ1v) is 2.61. The zero-order valence-corrected chi connectivity index (χ0v) is 5.37. The average molecular weight is 167 g/mol. The molecule has 0 amide bonds. The summed E-state index contributed by atoms with van der Waals surface area (Å²) in [6, 6.07) is -1.67. The molecule has 4 heteroatoms. The predicted octanol–water partition coefficient (Wildman–Crippen LogP) is 1.88. The number of ether oxygens (including phenoxy) is 1. The highest BCUT2D eigenvalue weighted by molar-refractivity contribution is 6.29. The van der Waals surface area contributed by atoms with Crippen molar-refractivity contribution in [2.45, 2.75) is 0 Å². The van der Waals surface area contributed by atoms with Crippen LogP contribution in [0, 0.1) is 5.82 Å². The average Bonchev–Trinajstić information content (AvgIpc) is 2.08. The molecule has 0 aromatic carbocycles. The summed E-state index contributed by atoms with van der Waals surface area (Å²) in [4.78, 5) is 3.29. The first-order chi connectivity index (χ1) is 6.72. The molecule has 0 radical (unpaired) electrons. The fourth-order valence-electron chi connectivity index (χ4n) is 0.409. The van der Waals surface area contributed by atoms with Gasteiger partial charge in [0.1, 0.15) is 11.0 Å². The van der Waals surface area contributed by atoms with Crippen LogP contribution in [0.15, 0.2) is 12.1 Å². The lowest BCUT2D eigenvalue weighted by molar-refractivity contribution is 0.394. The van der Waals surface area contributed by atoms with Crippen molar-refractivity contribution in [1.29, 1.82) is 0 Å². The highest BCUT2D eigenvalue weighted by atomic mass is 35.5. The SMILES string of the molecule is [2H]c1c(Cl)nc(OC([2H])([2H])[2H])c([2H])c1F. The molecule has 1 aromatic rings. The minimum Gasteiger partial charge on any atom is -0.481 e. The van der Waals surface area contributed by atoms with E-state index in [9.17, 15) is 4.39 Å². The molecule has 0 atom stereocenters. The Balaban J connectivity index is 3.21. The molecular weight excluding hydrogens is 157 g/mol. The fourth-order valence-corrected chi connectivity index (χ4v) is 0.569. The molecule has 10 heavy (non-hydrogen) atoms. The third-order valence-corrected chi connectivity index (χ3v) is 0.905. The van der Waals surface area contributed by atoms with Gasteiger partial charge in [-0.3, -0.25) is 0 Å². The summed E-state index contributed by atoms with van der Waals surface area (Å²) >= 11 is 5.33. The molecule has 0 N–H and O–H groups in total. The second-order valence-electron chi connectivity index (χ2n) is 1.37. The molecule has 2 nitrogen and oxygen atoms in total. The normalized spacial score (nSPS) is 18.0. The van der Waals surface area contributed by atoms with Crippen molar-refractivity contribution in [3.8, 4) is 5.88 Å². The minimum absolute atomic E-state index is 0.553. The lowest BCUT2D eigenvalue weighted by atomic mass is 10.5. The molecule has 54 valence electrons. The van der Waals surface area contributed by atoms with Crippen LogP contribution in [-0.4, -0.2) is 12.0 Å². The van der Waals surface area contributed by atoms with Crippen molar-refractivity contribution in [3.63, 3.8) is 0 Å². The highest BCUT2D eigenvalue weighted by Crippen LogP contribution is 2.13. The zero-order chi connectivity index (χ0) is 11.8. The van der Waals surface area contributed by atoms with Crippen LogP contribution in [-0.2, 0) is 0 Å². The molecule has 0 fully saturated rings. The van der Waals surface area contributed by atoms with Gasteiger partial charge in [-0.2, -0.15) is 0 Å². The molecular formula is C6H5ClFNO. The molecule has 0 aliphatic rings. The third-order valence-electron chi connectivity index (χ3n) is 0.726. The number of nitrogens with zero attached hydrogens (tertiary/aromatic N) is 1. The van der Waals surface area contributed by atoms with E-state index in [0.717, 1.165) is 0 Å². The number of hydrogen-bond donors (Lipinski definition) is 0. The van der Waals surface area contributed by atoms with E-state index in [-0.39, 0.29) is 0 Å². The maximum Gasteiger partial charge on any atom is 0.217 e. The van der Waals surface area contributed by atoms with Gasteiger partial charge < -0.3 is 4.74 Å². The summed E-state index contributed by atoms with van der Waals surface area (Å²) in [6.07, 6.45) is 0. The van der Waals surface area contributed by atoms with E-state index in [0.29, 0.717) is 0 Å². The predicted molar refractivity (Wildman–Crippen MR) is 35.8 cm³/mol. The van der Waals surface area contributed by atoms with Gasteiger partial charge in [-0.15, -0.1) is 0 Å². The van der Waals surface area contributed by atoms with Crippen LogP contribution >= 0.6 is 11.6 Å². The van der Waals surface area contributed by atoms with Crippen molar-refractivity contribution in [2.24, 2.45) is 0 Å². The highest BCUT2D eigenvalue weighted by Gasteiger charge is 1.98. The topological polar surface area (TPSA) is 22.1 Å². The lowest BCUT2D eigenvalue weighted by Gasteiger charge is -1.97. The van der Waals surface area contributed by atoms with Gasteiger partial charge in [-0.1, -0.05) is 11.6 Å². The van der Waals surface area contributed by atoms with Gasteiger partial charge in [0.25, 0.3) is 0 Å². The Morgan fingerprint density at radius 2 is 2.70 bits per heavy atom. The first-order valence-electron chi connectivity index (χ1n) is 4.73. The Morgan fingerprint density at radius 3 is 3.40 bits per heavy atom. The summed E-state index contributed by atoms with van der Waals surface area (Å²) < 4.78 is 51.7. The zero-order valence-electron chi connectivity index (χ0n) is 9.61. The molecule has 1 aromatic heterocycles. The second-order valence-corrected chi connectivity index (χ2v) is 1.73. The molecule has 1 heterocycles. The number of rotatable bonds is 1. The summed E-state index contributed by atoms with van der Waals surface area (Å²) in [5.41, 5.74) is 0. The molecule has 0 aliphatic heterocycles. The number of pyridine rings is 1. The molecule has 0 saturated heterocycles. The summed E-state index contributed by atoms with van der Waals surface area (Å²) in [6.45, 7) is 0. The quantitative estimate of drug-likeness (QED) is 0.595. The Hall–Kier alpha value is -0.830. The van der Waals surface area contributed by atoms with Gasteiger partial charge in [0, 0.05) is 12.1 Å². The van der Waals surface area contributed by atoms with Crippen LogP contribution in [0.3, 0.4) is 0 Å². The van der Waals surface area contributed by atoms with Crippen molar-refractivity contribution < 1.29 is 16.0 Å². The summed E-state index contributed by atoms with van der Waals surface area (Å²) in [5.74, 6) is -2.03. The number of methoxy groups -OCH3 is 1. The molecule has 0 unspecified atom stereocenters. The summed E-state index contributed by atoms with van der Waals surface area (Å²) in [5, 5.41) is -0.553. The van der Waals surface area contributed by atoms with E-state index in [4.69, 9.17) is 18.5 Å². The number of halogens is 2. The Morgan fingerprint density at radius 1 is 1.90 bits per heavy atom. The van der Waals surface area contributed by atoms with Crippen LogP contribution in [0.2, 0.25) is 5.15 Å². The van der Waals surface area contributed by atoms with Gasteiger partial charge in [0.15, 0.2) is 0 Å². The van der Waals surface area contributed by atoms with Crippen molar-refractivity contribution in [3.05, 3.63) is 23.1 Å². The van der Waals surface area contributed by atoms with Crippen LogP contribution in [0.25, 0.3) is 0 Å². The second kappa shape index (κ2) is 2.84. The maximum absolute atomic E-state index is 13.1. The molecule has 0 aliphatic carbocycles. The number of aromatic nitrogens is 1. The summed E-state index contributed by atoms with van der Waals surface area (Å²) in [7, 11) is -2.85. The molecule has 0 spiro atoms. The van der Waals surface area contributed by atoms with Crippen molar-refractivity contribution in [2.75, 3.05) is 7.04 Å². The van der Waals surface area contributed by atoms with Crippen molar-refractivity contribution in [1.82, 2.24) is 4.98 Å². The Bertz CT molecular complexity index is 396. The van der Waals surface area contributed by atoms with E-state index >= 15 is 0 Å². The standard InChI is InChI=1S/C6H5ClFNO/c1-10-6-3-4(8)2-5(7)9-6/h2-3H,1H3/i1D3,2D,3D. The van der Waals surface area contributed by atoms with E-state index < -0.39 is 36.0 Å². The van der Waals surface area contributed by atoms with Gasteiger partial charge in [-0.05, 0) is 0 Å².